The minimum atomic E-state index is -0.319. The summed E-state index contributed by atoms with van der Waals surface area (Å²) in [6, 6.07) is 22.5. The van der Waals surface area contributed by atoms with Gasteiger partial charge in [-0.25, -0.2) is 0 Å². The van der Waals surface area contributed by atoms with E-state index >= 15 is 0 Å². The van der Waals surface area contributed by atoms with E-state index in [2.05, 4.69) is 85.3 Å². The van der Waals surface area contributed by atoms with Crippen LogP contribution in [0, 0.1) is 0 Å². The van der Waals surface area contributed by atoms with Crippen LogP contribution in [0.15, 0.2) is 71.4 Å². The number of rotatable bonds is 18. The molecule has 0 saturated carbocycles. The molecular weight excluding hydrogens is 541 g/mol. The van der Waals surface area contributed by atoms with Crippen molar-refractivity contribution < 1.29 is 9.47 Å². The summed E-state index contributed by atoms with van der Waals surface area (Å²) in [4.78, 5) is 2.81. The SMILES string of the molecule is CCCCCCCCOc1ccc(C2(c3ccc(OCCCCCCCC)cc3)c3ccsc3-c3sccc32)cc1. The highest BCUT2D eigenvalue weighted by Crippen LogP contribution is 2.59. The second-order valence-electron chi connectivity index (χ2n) is 11.4. The first-order valence-corrected chi connectivity index (χ1v) is 17.7. The monoisotopic (exact) mass is 586 g/mol. The predicted octanol–water partition coefficient (Wildman–Crippen LogP) is 11.7. The van der Waals surface area contributed by atoms with Crippen molar-refractivity contribution in [2.24, 2.45) is 0 Å². The summed E-state index contributed by atoms with van der Waals surface area (Å²) in [5.74, 6) is 1.93. The summed E-state index contributed by atoms with van der Waals surface area (Å²) in [6.07, 6.45) is 15.3. The molecule has 1 aliphatic rings. The van der Waals surface area contributed by atoms with Crippen molar-refractivity contribution in [3.05, 3.63) is 93.7 Å². The maximum Gasteiger partial charge on any atom is 0.119 e. The van der Waals surface area contributed by atoms with Crippen molar-refractivity contribution in [1.82, 2.24) is 0 Å². The summed E-state index contributed by atoms with van der Waals surface area (Å²) in [7, 11) is 0. The van der Waals surface area contributed by atoms with Gasteiger partial charge in [0.2, 0.25) is 0 Å². The fourth-order valence-corrected chi connectivity index (χ4v) is 8.34. The van der Waals surface area contributed by atoms with Crippen LogP contribution in [0.3, 0.4) is 0 Å². The van der Waals surface area contributed by atoms with Crippen LogP contribution in [-0.4, -0.2) is 13.2 Å². The molecular formula is C37H46O2S2. The Balaban J connectivity index is 1.32. The van der Waals surface area contributed by atoms with E-state index in [1.807, 2.05) is 22.7 Å². The van der Waals surface area contributed by atoms with E-state index in [4.69, 9.17) is 9.47 Å². The van der Waals surface area contributed by atoms with Crippen molar-refractivity contribution in [2.75, 3.05) is 13.2 Å². The Hall–Kier alpha value is -2.56. The Labute approximate surface area is 255 Å². The van der Waals surface area contributed by atoms with Gasteiger partial charge in [0.25, 0.3) is 0 Å². The van der Waals surface area contributed by atoms with Crippen molar-refractivity contribution in [3.63, 3.8) is 0 Å². The van der Waals surface area contributed by atoms with Crippen LogP contribution in [0.25, 0.3) is 9.75 Å². The van der Waals surface area contributed by atoms with Crippen LogP contribution in [0.5, 0.6) is 11.5 Å². The third-order valence-electron chi connectivity index (χ3n) is 8.45. The Morgan fingerprint density at radius 2 is 0.878 bits per heavy atom. The van der Waals surface area contributed by atoms with Crippen molar-refractivity contribution in [3.8, 4) is 21.3 Å². The zero-order chi connectivity index (χ0) is 28.3. The summed E-state index contributed by atoms with van der Waals surface area (Å²) in [5.41, 5.74) is 5.06. The molecule has 0 fully saturated rings. The lowest BCUT2D eigenvalue weighted by Crippen LogP contribution is -2.27. The summed E-state index contributed by atoms with van der Waals surface area (Å²) in [6.45, 7) is 6.12. The Morgan fingerprint density at radius 1 is 0.488 bits per heavy atom. The third kappa shape index (κ3) is 6.75. The summed E-state index contributed by atoms with van der Waals surface area (Å²) in [5, 5.41) is 4.50. The lowest BCUT2D eigenvalue weighted by atomic mass is 9.68. The zero-order valence-electron chi connectivity index (χ0n) is 25.0. The van der Waals surface area contributed by atoms with E-state index in [1.54, 1.807) is 0 Å². The average Bonchev–Trinajstić information content (AvgIpc) is 3.73. The Bertz CT molecular complexity index is 1210. The molecule has 2 aromatic carbocycles. The second-order valence-corrected chi connectivity index (χ2v) is 13.2. The largest absolute Gasteiger partial charge is 0.494 e. The molecule has 4 heteroatoms. The van der Waals surface area contributed by atoms with Gasteiger partial charge in [-0.1, -0.05) is 102 Å². The van der Waals surface area contributed by atoms with E-state index in [0.717, 1.165) is 37.6 Å². The molecule has 5 rings (SSSR count). The highest BCUT2D eigenvalue weighted by atomic mass is 32.1. The minimum Gasteiger partial charge on any atom is -0.494 e. The molecule has 2 aromatic heterocycles. The summed E-state index contributed by atoms with van der Waals surface area (Å²) >= 11 is 3.72. The van der Waals surface area contributed by atoms with Gasteiger partial charge in [-0.3, -0.25) is 0 Å². The first-order chi connectivity index (χ1) is 20.3. The number of benzene rings is 2. The van der Waals surface area contributed by atoms with Gasteiger partial charge in [0.15, 0.2) is 0 Å². The highest BCUT2D eigenvalue weighted by Gasteiger charge is 2.47. The maximum absolute atomic E-state index is 6.16. The fraction of sp³-hybridized carbons (Fsp3) is 0.459. The van der Waals surface area contributed by atoms with Crippen LogP contribution < -0.4 is 9.47 Å². The number of ether oxygens (including phenoxy) is 2. The maximum atomic E-state index is 6.16. The van der Waals surface area contributed by atoms with Gasteiger partial charge in [0.05, 0.1) is 18.6 Å². The molecule has 218 valence electrons. The predicted molar refractivity (Wildman–Crippen MR) is 177 cm³/mol. The van der Waals surface area contributed by atoms with E-state index < -0.39 is 0 Å². The lowest BCUT2D eigenvalue weighted by molar-refractivity contribution is 0.304. The third-order valence-corrected chi connectivity index (χ3v) is 10.4. The fourth-order valence-electron chi connectivity index (χ4n) is 6.24. The molecule has 1 aliphatic carbocycles. The topological polar surface area (TPSA) is 18.5 Å². The second kappa shape index (κ2) is 15.1. The van der Waals surface area contributed by atoms with Gasteiger partial charge in [-0.2, -0.15) is 0 Å². The molecule has 4 aromatic rings. The molecule has 41 heavy (non-hydrogen) atoms. The van der Waals surface area contributed by atoms with Gasteiger partial charge in [0, 0.05) is 9.75 Å². The van der Waals surface area contributed by atoms with Gasteiger partial charge in [-0.05, 0) is 82.3 Å². The van der Waals surface area contributed by atoms with Gasteiger partial charge in [-0.15, -0.1) is 22.7 Å². The summed E-state index contributed by atoms with van der Waals surface area (Å²) < 4.78 is 12.3. The van der Waals surface area contributed by atoms with Crippen LogP contribution in [0.2, 0.25) is 0 Å². The molecule has 2 heterocycles. The number of hydrogen-bond donors (Lipinski definition) is 0. The quantitative estimate of drug-likeness (QED) is 0.0951. The van der Waals surface area contributed by atoms with Gasteiger partial charge >= 0.3 is 0 Å². The van der Waals surface area contributed by atoms with Crippen molar-refractivity contribution in [1.29, 1.82) is 0 Å². The molecule has 0 atom stereocenters. The van der Waals surface area contributed by atoms with E-state index in [0.29, 0.717) is 0 Å². The normalized spacial score (nSPS) is 13.2. The first-order valence-electron chi connectivity index (χ1n) is 15.9. The van der Waals surface area contributed by atoms with Crippen molar-refractivity contribution in [2.45, 2.75) is 96.3 Å². The van der Waals surface area contributed by atoms with E-state index in [1.165, 1.54) is 96.2 Å². The van der Waals surface area contributed by atoms with Crippen LogP contribution >= 0.6 is 22.7 Å². The molecule has 0 amide bonds. The van der Waals surface area contributed by atoms with Gasteiger partial charge < -0.3 is 9.47 Å². The van der Waals surface area contributed by atoms with Crippen LogP contribution in [-0.2, 0) is 5.41 Å². The number of fused-ring (bicyclic) bond motifs is 3. The Kier molecular flexibility index (Phi) is 11.0. The molecule has 0 bridgehead atoms. The molecule has 0 unspecified atom stereocenters. The Morgan fingerprint density at radius 3 is 1.29 bits per heavy atom. The van der Waals surface area contributed by atoms with Gasteiger partial charge in [0.1, 0.15) is 11.5 Å². The molecule has 0 radical (unpaired) electrons. The van der Waals surface area contributed by atoms with E-state index in [-0.39, 0.29) is 5.41 Å². The standard InChI is InChI=1S/C37H46O2S2/c1-3-5-7-9-11-13-25-38-31-19-15-29(16-20-31)37(33-23-27-40-35(33)36-34(37)24-28-41-36)30-17-21-32(22-18-30)39-26-14-12-10-8-6-4-2/h15-24,27-28H,3-14,25-26H2,1-2H3. The zero-order valence-corrected chi connectivity index (χ0v) is 26.6. The minimum absolute atomic E-state index is 0.319. The molecule has 2 nitrogen and oxygen atoms in total. The molecule has 0 spiro atoms. The average molecular weight is 587 g/mol. The highest BCUT2D eigenvalue weighted by molar-refractivity contribution is 7.21. The van der Waals surface area contributed by atoms with Crippen LogP contribution in [0.1, 0.15) is 113 Å². The van der Waals surface area contributed by atoms with E-state index in [9.17, 15) is 0 Å². The smallest absolute Gasteiger partial charge is 0.119 e. The number of unbranched alkanes of at least 4 members (excludes halogenated alkanes) is 10. The molecule has 0 N–H and O–H groups in total. The number of hydrogen-bond acceptors (Lipinski definition) is 4. The van der Waals surface area contributed by atoms with Crippen molar-refractivity contribution >= 4 is 22.7 Å². The lowest BCUT2D eigenvalue weighted by Gasteiger charge is -2.32. The molecule has 0 saturated heterocycles. The first kappa shape index (κ1) is 29.9. The number of thiophene rings is 2. The van der Waals surface area contributed by atoms with Crippen LogP contribution in [0.4, 0.5) is 0 Å². The molecule has 0 aliphatic heterocycles.